The van der Waals surface area contributed by atoms with Crippen LogP contribution in [0.4, 0.5) is 13.2 Å². The first-order chi connectivity index (χ1) is 9.12. The van der Waals surface area contributed by atoms with E-state index in [-0.39, 0.29) is 25.9 Å². The zero-order valence-electron chi connectivity index (χ0n) is 10.7. The first-order valence-electron chi connectivity index (χ1n) is 6.44. The van der Waals surface area contributed by atoms with Crippen molar-refractivity contribution >= 4 is 11.9 Å². The SMILES string of the molecule is O=C(N1CCC(O)(C2(C(=O)O)CCC2)CC1)C(F)(F)F. The van der Waals surface area contributed by atoms with Crippen LogP contribution in [0.3, 0.4) is 0 Å². The molecule has 0 aromatic heterocycles. The van der Waals surface area contributed by atoms with Crippen molar-refractivity contribution in [3.63, 3.8) is 0 Å². The van der Waals surface area contributed by atoms with Gasteiger partial charge in [0, 0.05) is 13.1 Å². The van der Waals surface area contributed by atoms with Crippen LogP contribution in [0.2, 0.25) is 0 Å². The van der Waals surface area contributed by atoms with E-state index in [4.69, 9.17) is 0 Å². The minimum Gasteiger partial charge on any atom is -0.481 e. The van der Waals surface area contributed by atoms with Crippen LogP contribution in [0, 0.1) is 5.41 Å². The van der Waals surface area contributed by atoms with Gasteiger partial charge < -0.3 is 15.1 Å². The van der Waals surface area contributed by atoms with E-state index in [9.17, 15) is 33.0 Å². The van der Waals surface area contributed by atoms with Gasteiger partial charge in [-0.15, -0.1) is 0 Å². The van der Waals surface area contributed by atoms with Crippen molar-refractivity contribution in [1.29, 1.82) is 0 Å². The molecule has 1 aliphatic carbocycles. The monoisotopic (exact) mass is 295 g/mol. The molecule has 2 fully saturated rings. The number of aliphatic hydroxyl groups is 1. The molecule has 1 heterocycles. The summed E-state index contributed by atoms with van der Waals surface area (Å²) in [7, 11) is 0. The number of aliphatic carboxylic acids is 1. The first-order valence-corrected chi connectivity index (χ1v) is 6.44. The molecule has 0 unspecified atom stereocenters. The van der Waals surface area contributed by atoms with E-state index >= 15 is 0 Å². The molecular formula is C12H16F3NO4. The predicted molar refractivity (Wildman–Crippen MR) is 60.7 cm³/mol. The van der Waals surface area contributed by atoms with E-state index in [0.29, 0.717) is 24.2 Å². The Labute approximate surface area is 113 Å². The maximum absolute atomic E-state index is 12.3. The van der Waals surface area contributed by atoms with E-state index in [1.807, 2.05) is 0 Å². The number of hydrogen-bond acceptors (Lipinski definition) is 3. The number of nitrogens with zero attached hydrogens (tertiary/aromatic N) is 1. The van der Waals surface area contributed by atoms with Crippen molar-refractivity contribution in [2.45, 2.75) is 43.9 Å². The van der Waals surface area contributed by atoms with Gasteiger partial charge in [0.1, 0.15) is 0 Å². The lowest BCUT2D eigenvalue weighted by molar-refractivity contribution is -0.203. The number of alkyl halides is 3. The quantitative estimate of drug-likeness (QED) is 0.801. The lowest BCUT2D eigenvalue weighted by Crippen LogP contribution is -2.62. The van der Waals surface area contributed by atoms with Crippen LogP contribution in [-0.4, -0.2) is 51.9 Å². The summed E-state index contributed by atoms with van der Waals surface area (Å²) in [6.45, 7) is -0.548. The average Bonchev–Trinajstić information content (AvgIpc) is 2.25. The summed E-state index contributed by atoms with van der Waals surface area (Å²) in [6, 6.07) is 0. The second-order valence-electron chi connectivity index (χ2n) is 5.56. The Morgan fingerprint density at radius 1 is 1.05 bits per heavy atom. The Kier molecular flexibility index (Phi) is 3.48. The van der Waals surface area contributed by atoms with Gasteiger partial charge in [0.05, 0.1) is 11.0 Å². The average molecular weight is 295 g/mol. The second-order valence-corrected chi connectivity index (χ2v) is 5.56. The molecule has 1 saturated heterocycles. The summed E-state index contributed by atoms with van der Waals surface area (Å²) in [5.74, 6) is -3.04. The van der Waals surface area contributed by atoms with E-state index in [0.717, 1.165) is 0 Å². The molecule has 0 bridgehead atoms. The van der Waals surface area contributed by atoms with Crippen molar-refractivity contribution in [1.82, 2.24) is 4.90 Å². The molecule has 0 aromatic rings. The van der Waals surface area contributed by atoms with Gasteiger partial charge in [0.2, 0.25) is 0 Å². The van der Waals surface area contributed by atoms with Gasteiger partial charge in [-0.25, -0.2) is 0 Å². The molecular weight excluding hydrogens is 279 g/mol. The smallest absolute Gasteiger partial charge is 0.471 e. The van der Waals surface area contributed by atoms with Crippen LogP contribution in [0.1, 0.15) is 32.1 Å². The summed E-state index contributed by atoms with van der Waals surface area (Å²) in [6.07, 6.45) is -3.88. The van der Waals surface area contributed by atoms with E-state index < -0.39 is 29.1 Å². The van der Waals surface area contributed by atoms with Crippen LogP contribution in [0.15, 0.2) is 0 Å². The van der Waals surface area contributed by atoms with Gasteiger partial charge in [-0.05, 0) is 25.7 Å². The number of amides is 1. The van der Waals surface area contributed by atoms with Gasteiger partial charge in [0.25, 0.3) is 0 Å². The summed E-state index contributed by atoms with van der Waals surface area (Å²) >= 11 is 0. The maximum atomic E-state index is 12.3. The number of carboxylic acid groups (broad SMARTS) is 1. The van der Waals surface area contributed by atoms with Crippen LogP contribution >= 0.6 is 0 Å². The fraction of sp³-hybridized carbons (Fsp3) is 0.833. The third-order valence-corrected chi connectivity index (χ3v) is 4.63. The molecule has 2 rings (SSSR count). The minimum atomic E-state index is -4.93. The third-order valence-electron chi connectivity index (χ3n) is 4.63. The summed E-state index contributed by atoms with van der Waals surface area (Å²) in [5.41, 5.74) is -2.79. The van der Waals surface area contributed by atoms with Gasteiger partial charge in [-0.1, -0.05) is 6.42 Å². The summed E-state index contributed by atoms with van der Waals surface area (Å²) < 4.78 is 37.0. The number of carbonyl (C=O) groups excluding carboxylic acids is 1. The Morgan fingerprint density at radius 3 is 1.85 bits per heavy atom. The highest BCUT2D eigenvalue weighted by Gasteiger charge is 2.60. The van der Waals surface area contributed by atoms with E-state index in [1.54, 1.807) is 0 Å². The molecule has 1 amide bonds. The lowest BCUT2D eigenvalue weighted by atomic mass is 9.56. The molecule has 0 spiro atoms. The Bertz CT molecular complexity index is 423. The summed E-state index contributed by atoms with van der Waals surface area (Å²) in [5, 5.41) is 19.8. The van der Waals surface area contributed by atoms with Crippen molar-refractivity contribution in [3.8, 4) is 0 Å². The Morgan fingerprint density at radius 2 is 1.55 bits per heavy atom. The van der Waals surface area contributed by atoms with Crippen LogP contribution in [0.25, 0.3) is 0 Å². The van der Waals surface area contributed by atoms with Gasteiger partial charge >= 0.3 is 18.1 Å². The molecule has 5 nitrogen and oxygen atoms in total. The molecule has 1 saturated carbocycles. The normalized spacial score (nSPS) is 24.9. The highest BCUT2D eigenvalue weighted by Crippen LogP contribution is 2.53. The van der Waals surface area contributed by atoms with E-state index in [2.05, 4.69) is 0 Å². The topological polar surface area (TPSA) is 77.8 Å². The van der Waals surface area contributed by atoms with Crippen molar-refractivity contribution < 1.29 is 33.0 Å². The highest BCUT2D eigenvalue weighted by molar-refractivity contribution is 5.82. The van der Waals surface area contributed by atoms with Crippen molar-refractivity contribution in [2.75, 3.05) is 13.1 Å². The summed E-state index contributed by atoms with van der Waals surface area (Å²) in [4.78, 5) is 23.1. The molecule has 1 aliphatic heterocycles. The predicted octanol–water partition coefficient (Wildman–Crippen LogP) is 1.16. The number of hydrogen-bond donors (Lipinski definition) is 2. The molecule has 0 atom stereocenters. The molecule has 2 N–H and O–H groups in total. The molecule has 8 heteroatoms. The largest absolute Gasteiger partial charge is 0.481 e. The molecule has 2 aliphatic rings. The zero-order chi connectivity index (χ0) is 15.2. The van der Waals surface area contributed by atoms with Crippen molar-refractivity contribution in [3.05, 3.63) is 0 Å². The second kappa shape index (κ2) is 4.61. The van der Waals surface area contributed by atoms with Crippen LogP contribution < -0.4 is 0 Å². The number of likely N-dealkylation sites (tertiary alicyclic amines) is 1. The first kappa shape index (κ1) is 15.1. The van der Waals surface area contributed by atoms with Crippen LogP contribution in [-0.2, 0) is 9.59 Å². The zero-order valence-corrected chi connectivity index (χ0v) is 10.7. The molecule has 114 valence electrons. The maximum Gasteiger partial charge on any atom is 0.471 e. The number of rotatable bonds is 2. The number of piperidine rings is 1. The fourth-order valence-electron chi connectivity index (χ4n) is 3.15. The molecule has 0 aromatic carbocycles. The van der Waals surface area contributed by atoms with Gasteiger partial charge in [0.15, 0.2) is 0 Å². The fourth-order valence-corrected chi connectivity index (χ4v) is 3.15. The standard InChI is InChI=1S/C12H16F3NO4/c13-12(14,15)8(17)16-6-4-11(20,5-7-16)10(9(18)19)2-1-3-10/h20H,1-7H2,(H,18,19). The Balaban J connectivity index is 2.07. The minimum absolute atomic E-state index is 0.138. The van der Waals surface area contributed by atoms with Crippen LogP contribution in [0.5, 0.6) is 0 Å². The van der Waals surface area contributed by atoms with E-state index in [1.165, 1.54) is 0 Å². The molecule has 0 radical (unpaired) electrons. The number of carboxylic acids is 1. The Hall–Kier alpha value is -1.31. The van der Waals surface area contributed by atoms with Crippen molar-refractivity contribution in [2.24, 2.45) is 5.41 Å². The number of halogens is 3. The lowest BCUT2D eigenvalue weighted by Gasteiger charge is -2.53. The third kappa shape index (κ3) is 2.15. The van der Waals surface area contributed by atoms with Gasteiger partial charge in [-0.3, -0.25) is 9.59 Å². The number of carbonyl (C=O) groups is 2. The molecule has 20 heavy (non-hydrogen) atoms. The highest BCUT2D eigenvalue weighted by atomic mass is 19.4. The van der Waals surface area contributed by atoms with Gasteiger partial charge in [-0.2, -0.15) is 13.2 Å².